The summed E-state index contributed by atoms with van der Waals surface area (Å²) in [5, 5.41) is 11.0. The lowest BCUT2D eigenvalue weighted by molar-refractivity contribution is -0.123. The molecule has 0 radical (unpaired) electrons. The molecule has 0 spiro atoms. The molecule has 0 fully saturated rings. The molecule has 0 aromatic heterocycles. The van der Waals surface area contributed by atoms with Crippen molar-refractivity contribution in [1.82, 2.24) is 4.90 Å². The van der Waals surface area contributed by atoms with Gasteiger partial charge in [0.05, 0.1) is 18.7 Å². The van der Waals surface area contributed by atoms with Gasteiger partial charge in [-0.05, 0) is 41.3 Å². The number of nitrogens with zero attached hydrogens (tertiary/aromatic N) is 1. The van der Waals surface area contributed by atoms with Crippen LogP contribution >= 0.6 is 0 Å². The van der Waals surface area contributed by atoms with Gasteiger partial charge >= 0.3 is 0 Å². The van der Waals surface area contributed by atoms with E-state index in [1.807, 2.05) is 24.3 Å². The summed E-state index contributed by atoms with van der Waals surface area (Å²) in [4.78, 5) is 13.7. The molecule has 4 aliphatic rings. The van der Waals surface area contributed by atoms with Gasteiger partial charge in [-0.3, -0.25) is 4.79 Å². The Labute approximate surface area is 155 Å². The van der Waals surface area contributed by atoms with E-state index in [0.29, 0.717) is 36.0 Å². The van der Waals surface area contributed by atoms with E-state index >= 15 is 0 Å². The monoisotopic (exact) mass is 367 g/mol. The fourth-order valence-corrected chi connectivity index (χ4v) is 4.87. The molecule has 3 heterocycles. The van der Waals surface area contributed by atoms with E-state index in [9.17, 15) is 9.90 Å². The number of aliphatic hydroxyl groups is 1. The fourth-order valence-electron chi connectivity index (χ4n) is 4.87. The molecule has 0 saturated carbocycles. The summed E-state index contributed by atoms with van der Waals surface area (Å²) < 4.78 is 22.2. The number of aliphatic hydroxyl groups excluding tert-OH is 1. The minimum absolute atomic E-state index is 0.176. The summed E-state index contributed by atoms with van der Waals surface area (Å²) in [6, 6.07) is 7.49. The van der Waals surface area contributed by atoms with Crippen LogP contribution in [0.1, 0.15) is 34.2 Å². The molecule has 6 rings (SSSR count). The zero-order valence-electron chi connectivity index (χ0n) is 14.4. The van der Waals surface area contributed by atoms with Crippen molar-refractivity contribution in [2.24, 2.45) is 0 Å². The van der Waals surface area contributed by atoms with Gasteiger partial charge < -0.3 is 29.0 Å². The zero-order valence-corrected chi connectivity index (χ0v) is 14.4. The fraction of sp³-hybridized carbons (Fsp3) is 0.350. The number of carbonyl (C=O) groups is 1. The molecule has 3 atom stereocenters. The molecule has 0 bridgehead atoms. The lowest BCUT2D eigenvalue weighted by Gasteiger charge is -2.46. The average molecular weight is 367 g/mol. The van der Waals surface area contributed by atoms with Gasteiger partial charge in [-0.2, -0.15) is 0 Å². The molecule has 1 amide bonds. The maximum Gasteiger partial charge on any atom is 0.231 e. The number of rotatable bonds is 1. The normalized spacial score (nSPS) is 26.3. The van der Waals surface area contributed by atoms with E-state index in [1.54, 1.807) is 4.90 Å². The number of ether oxygens (including phenoxy) is 4. The Morgan fingerprint density at radius 1 is 1.00 bits per heavy atom. The summed E-state index contributed by atoms with van der Waals surface area (Å²) in [6.45, 7) is 0.779. The van der Waals surface area contributed by atoms with Gasteiger partial charge in [-0.1, -0.05) is 6.07 Å². The van der Waals surface area contributed by atoms with Crippen molar-refractivity contribution in [3.8, 4) is 23.0 Å². The molecule has 0 unspecified atom stereocenters. The highest BCUT2D eigenvalue weighted by atomic mass is 16.7. The van der Waals surface area contributed by atoms with Crippen molar-refractivity contribution in [1.29, 1.82) is 0 Å². The Morgan fingerprint density at radius 2 is 1.78 bits per heavy atom. The third-order valence-corrected chi connectivity index (χ3v) is 6.01. The van der Waals surface area contributed by atoms with Gasteiger partial charge in [-0.15, -0.1) is 0 Å². The highest BCUT2D eigenvalue weighted by Gasteiger charge is 2.46. The Morgan fingerprint density at radius 3 is 2.63 bits per heavy atom. The predicted molar refractivity (Wildman–Crippen MR) is 91.9 cm³/mol. The molecule has 3 aliphatic heterocycles. The van der Waals surface area contributed by atoms with E-state index in [4.69, 9.17) is 18.9 Å². The zero-order chi connectivity index (χ0) is 18.1. The van der Waals surface area contributed by atoms with E-state index in [2.05, 4.69) is 0 Å². The van der Waals surface area contributed by atoms with Crippen molar-refractivity contribution in [2.45, 2.75) is 31.0 Å². The SMILES string of the molecule is O=CN1Cc2c(ccc3c2OCO3)[C@@H]2[C@H]1c1cc3c(cc1C[C@@H]2O)OCO3. The first-order valence-corrected chi connectivity index (χ1v) is 8.97. The van der Waals surface area contributed by atoms with Crippen LogP contribution in [0.4, 0.5) is 0 Å². The van der Waals surface area contributed by atoms with Gasteiger partial charge in [0.1, 0.15) is 0 Å². The Kier molecular flexibility index (Phi) is 2.97. The largest absolute Gasteiger partial charge is 0.454 e. The Balaban J connectivity index is 1.55. The molecule has 7 nitrogen and oxygen atoms in total. The molecule has 0 saturated heterocycles. The minimum Gasteiger partial charge on any atom is -0.454 e. The third-order valence-electron chi connectivity index (χ3n) is 6.01. The van der Waals surface area contributed by atoms with Gasteiger partial charge in [0.2, 0.25) is 20.0 Å². The Hall–Kier alpha value is -2.93. The topological polar surface area (TPSA) is 77.5 Å². The minimum atomic E-state index is -0.621. The number of carbonyl (C=O) groups excluding carboxylic acids is 1. The summed E-state index contributed by atoms with van der Waals surface area (Å²) in [5.74, 6) is 2.51. The van der Waals surface area contributed by atoms with Crippen molar-refractivity contribution in [3.63, 3.8) is 0 Å². The van der Waals surface area contributed by atoms with Crippen LogP contribution in [-0.4, -0.2) is 36.1 Å². The van der Waals surface area contributed by atoms with Crippen LogP contribution in [0, 0.1) is 0 Å². The number of amides is 1. The van der Waals surface area contributed by atoms with E-state index < -0.39 is 6.10 Å². The van der Waals surface area contributed by atoms with Gasteiger partial charge in [0.15, 0.2) is 23.0 Å². The third kappa shape index (κ3) is 1.97. The molecule has 1 aliphatic carbocycles. The van der Waals surface area contributed by atoms with Crippen LogP contribution < -0.4 is 18.9 Å². The van der Waals surface area contributed by atoms with Gasteiger partial charge in [0, 0.05) is 11.5 Å². The van der Waals surface area contributed by atoms with Gasteiger partial charge in [-0.25, -0.2) is 0 Å². The molecule has 2 aromatic rings. The van der Waals surface area contributed by atoms with Crippen LogP contribution in [0.5, 0.6) is 23.0 Å². The first-order chi connectivity index (χ1) is 13.2. The molecule has 27 heavy (non-hydrogen) atoms. The predicted octanol–water partition coefficient (Wildman–Crippen LogP) is 1.86. The highest BCUT2D eigenvalue weighted by molar-refractivity contribution is 5.62. The molecule has 2 aromatic carbocycles. The number of fused-ring (bicyclic) bond motifs is 8. The maximum absolute atomic E-state index is 12.0. The first kappa shape index (κ1) is 15.2. The summed E-state index contributed by atoms with van der Waals surface area (Å²) in [5.41, 5.74) is 3.92. The van der Waals surface area contributed by atoms with E-state index in [0.717, 1.165) is 28.7 Å². The second-order valence-electron chi connectivity index (χ2n) is 7.29. The second kappa shape index (κ2) is 5.29. The summed E-state index contributed by atoms with van der Waals surface area (Å²) in [6.07, 6.45) is 0.723. The van der Waals surface area contributed by atoms with E-state index in [-0.39, 0.29) is 25.5 Å². The van der Waals surface area contributed by atoms with Crippen molar-refractivity contribution in [3.05, 3.63) is 46.5 Å². The highest BCUT2D eigenvalue weighted by Crippen LogP contribution is 2.54. The molecular weight excluding hydrogens is 350 g/mol. The summed E-state index contributed by atoms with van der Waals surface area (Å²) >= 11 is 0. The maximum atomic E-state index is 12.0. The number of benzene rings is 2. The van der Waals surface area contributed by atoms with Crippen molar-refractivity contribution in [2.75, 3.05) is 13.6 Å². The van der Waals surface area contributed by atoms with Gasteiger partial charge in [0.25, 0.3) is 0 Å². The van der Waals surface area contributed by atoms with Crippen LogP contribution in [0.3, 0.4) is 0 Å². The molecular formula is C20H17NO6. The lowest BCUT2D eigenvalue weighted by Crippen LogP contribution is -2.44. The number of hydrogen-bond acceptors (Lipinski definition) is 6. The van der Waals surface area contributed by atoms with E-state index in [1.165, 1.54) is 0 Å². The number of hydrogen-bond donors (Lipinski definition) is 1. The smallest absolute Gasteiger partial charge is 0.231 e. The quantitative estimate of drug-likeness (QED) is 0.776. The molecule has 138 valence electrons. The van der Waals surface area contributed by atoms with Crippen molar-refractivity contribution >= 4 is 6.41 Å². The summed E-state index contributed by atoms with van der Waals surface area (Å²) in [7, 11) is 0. The second-order valence-corrected chi connectivity index (χ2v) is 7.29. The van der Waals surface area contributed by atoms with Crippen LogP contribution in [-0.2, 0) is 17.8 Å². The van der Waals surface area contributed by atoms with Crippen molar-refractivity contribution < 1.29 is 28.8 Å². The molecule has 7 heteroatoms. The standard InChI is InChI=1S/C20H17NO6/c22-7-21-6-13-11(1-2-15-20(13)27-9-24-15)18-14(23)3-10-4-16-17(26-8-25-16)5-12(10)19(18)21/h1-2,4-5,7,14,18-19,23H,3,6,8-9H2/t14-,18-,19+/m0/s1. The first-order valence-electron chi connectivity index (χ1n) is 8.97. The van der Waals surface area contributed by atoms with Crippen LogP contribution in [0.15, 0.2) is 24.3 Å². The lowest BCUT2D eigenvalue weighted by atomic mass is 9.70. The Bertz CT molecular complexity index is 973. The van der Waals surface area contributed by atoms with Crippen LogP contribution in [0.2, 0.25) is 0 Å². The van der Waals surface area contributed by atoms with Crippen LogP contribution in [0.25, 0.3) is 0 Å². The average Bonchev–Trinajstić information content (AvgIpc) is 3.34. The molecule has 1 N–H and O–H groups in total.